The summed E-state index contributed by atoms with van der Waals surface area (Å²) in [6.45, 7) is 4.44. The summed E-state index contributed by atoms with van der Waals surface area (Å²) < 4.78 is 0. The summed E-state index contributed by atoms with van der Waals surface area (Å²) in [5, 5.41) is 11.2. The monoisotopic (exact) mass is 471 g/mol. The van der Waals surface area contributed by atoms with E-state index in [4.69, 9.17) is 0 Å². The minimum absolute atomic E-state index is 0.459. The number of rotatable bonds is 10. The molecule has 2 atom stereocenters. The van der Waals surface area contributed by atoms with E-state index in [9.17, 15) is 5.11 Å². The van der Waals surface area contributed by atoms with Crippen molar-refractivity contribution in [1.82, 2.24) is 4.98 Å². The highest BCUT2D eigenvalue weighted by Crippen LogP contribution is 2.42. The Kier molecular flexibility index (Phi) is 11.5. The van der Waals surface area contributed by atoms with Crippen LogP contribution in [0.4, 0.5) is 0 Å². The van der Waals surface area contributed by atoms with E-state index >= 15 is 0 Å². The van der Waals surface area contributed by atoms with E-state index in [0.717, 1.165) is 24.8 Å². The molecule has 0 radical (unpaired) electrons. The fraction of sp³-hybridized carbons (Fsp3) is 0.485. The van der Waals surface area contributed by atoms with Gasteiger partial charge in [-0.3, -0.25) is 4.98 Å². The van der Waals surface area contributed by atoms with E-state index in [-0.39, 0.29) is 0 Å². The van der Waals surface area contributed by atoms with Crippen molar-refractivity contribution in [2.45, 2.75) is 96.0 Å². The van der Waals surface area contributed by atoms with Gasteiger partial charge in [-0.25, -0.2) is 0 Å². The van der Waals surface area contributed by atoms with Crippen molar-refractivity contribution in [3.05, 3.63) is 102 Å². The van der Waals surface area contributed by atoms with Crippen molar-refractivity contribution in [3.8, 4) is 0 Å². The van der Waals surface area contributed by atoms with Gasteiger partial charge in [0.15, 0.2) is 0 Å². The minimum Gasteiger partial charge on any atom is -0.385 e. The molecule has 0 saturated heterocycles. The van der Waals surface area contributed by atoms with E-state index in [1.165, 1.54) is 62.5 Å². The lowest BCUT2D eigenvalue weighted by Gasteiger charge is -2.39. The van der Waals surface area contributed by atoms with Crippen molar-refractivity contribution in [1.29, 1.82) is 0 Å². The molecule has 0 bridgehead atoms. The van der Waals surface area contributed by atoms with Crippen LogP contribution in [-0.4, -0.2) is 10.1 Å². The standard InChI is InChI=1S/C17H26O.C16H19N/c1-2-3-14-17(18,15-10-6-4-7-11-15)16-12-8-5-9-13-16;1-2-3-11-16(14-8-5-4-6-9-14)15-10-7-12-17-13-15/h4,6-7,10-11,16,18H,2-3,5,8-9,12-14H2,1H3;4-10,12-13,16H,2-3,11H2,1H3. The van der Waals surface area contributed by atoms with E-state index in [0.29, 0.717) is 11.8 Å². The van der Waals surface area contributed by atoms with Crippen LogP contribution in [0, 0.1) is 5.92 Å². The molecule has 2 heteroatoms. The third kappa shape index (κ3) is 8.04. The molecular weight excluding hydrogens is 426 g/mol. The Morgan fingerprint density at radius 3 is 2.03 bits per heavy atom. The molecule has 2 aromatic carbocycles. The zero-order valence-electron chi connectivity index (χ0n) is 21.9. The molecule has 2 unspecified atom stereocenters. The average molecular weight is 472 g/mol. The molecule has 188 valence electrons. The highest BCUT2D eigenvalue weighted by Gasteiger charge is 2.37. The molecule has 1 N–H and O–H groups in total. The number of aliphatic hydroxyl groups is 1. The van der Waals surface area contributed by atoms with Gasteiger partial charge >= 0.3 is 0 Å². The molecular formula is C33H45NO. The summed E-state index contributed by atoms with van der Waals surface area (Å²) in [7, 11) is 0. The van der Waals surface area contributed by atoms with Crippen LogP contribution in [0.5, 0.6) is 0 Å². The lowest BCUT2D eigenvalue weighted by atomic mass is 9.71. The van der Waals surface area contributed by atoms with Gasteiger partial charge in [0.05, 0.1) is 5.60 Å². The third-order valence-electron chi connectivity index (χ3n) is 7.60. The van der Waals surface area contributed by atoms with Gasteiger partial charge in [0.2, 0.25) is 0 Å². The lowest BCUT2D eigenvalue weighted by molar-refractivity contribution is -0.0477. The Bertz CT molecular complexity index is 882. The second-order valence-corrected chi connectivity index (χ2v) is 10.1. The molecule has 35 heavy (non-hydrogen) atoms. The molecule has 1 aliphatic carbocycles. The first-order chi connectivity index (χ1) is 17.2. The lowest BCUT2D eigenvalue weighted by Crippen LogP contribution is -2.36. The molecule has 0 aliphatic heterocycles. The summed E-state index contributed by atoms with van der Waals surface area (Å²) in [4.78, 5) is 4.24. The van der Waals surface area contributed by atoms with Gasteiger partial charge in [0.1, 0.15) is 0 Å². The fourth-order valence-corrected chi connectivity index (χ4v) is 5.54. The summed E-state index contributed by atoms with van der Waals surface area (Å²) >= 11 is 0. The molecule has 0 amide bonds. The number of nitrogens with zero attached hydrogens (tertiary/aromatic N) is 1. The molecule has 2 nitrogen and oxygen atoms in total. The predicted molar refractivity (Wildman–Crippen MR) is 148 cm³/mol. The molecule has 1 aliphatic rings. The molecule has 1 saturated carbocycles. The zero-order valence-corrected chi connectivity index (χ0v) is 21.9. The largest absolute Gasteiger partial charge is 0.385 e. The van der Waals surface area contributed by atoms with Crippen LogP contribution in [-0.2, 0) is 5.60 Å². The number of aromatic nitrogens is 1. The van der Waals surface area contributed by atoms with Gasteiger partial charge < -0.3 is 5.11 Å². The SMILES string of the molecule is CCCCC(O)(c1ccccc1)C1CCCCC1.CCCCC(c1ccccc1)c1cccnc1. The number of pyridine rings is 1. The minimum atomic E-state index is -0.586. The second kappa shape index (κ2) is 14.8. The highest BCUT2D eigenvalue weighted by molar-refractivity contribution is 5.30. The number of hydrogen-bond donors (Lipinski definition) is 1. The maximum atomic E-state index is 11.2. The van der Waals surface area contributed by atoms with Gasteiger partial charge in [-0.15, -0.1) is 0 Å². The van der Waals surface area contributed by atoms with Gasteiger partial charge in [0.25, 0.3) is 0 Å². The van der Waals surface area contributed by atoms with E-state index in [1.807, 2.05) is 24.5 Å². The van der Waals surface area contributed by atoms with Crippen LogP contribution in [0.25, 0.3) is 0 Å². The van der Waals surface area contributed by atoms with Crippen molar-refractivity contribution in [2.24, 2.45) is 5.92 Å². The van der Waals surface area contributed by atoms with Crippen molar-refractivity contribution in [2.75, 3.05) is 0 Å². The van der Waals surface area contributed by atoms with E-state index in [1.54, 1.807) is 0 Å². The fourth-order valence-electron chi connectivity index (χ4n) is 5.54. The first-order valence-corrected chi connectivity index (χ1v) is 13.9. The van der Waals surface area contributed by atoms with Gasteiger partial charge in [0, 0.05) is 18.3 Å². The summed E-state index contributed by atoms with van der Waals surface area (Å²) in [6, 6.07) is 25.3. The van der Waals surface area contributed by atoms with Crippen molar-refractivity contribution in [3.63, 3.8) is 0 Å². The summed E-state index contributed by atoms with van der Waals surface area (Å²) in [5.74, 6) is 0.949. The number of benzene rings is 2. The van der Waals surface area contributed by atoms with Crippen LogP contribution in [0.1, 0.15) is 107 Å². The Labute approximate surface area is 213 Å². The first-order valence-electron chi connectivity index (χ1n) is 13.9. The molecule has 1 fully saturated rings. The molecule has 4 rings (SSSR count). The quantitative estimate of drug-likeness (QED) is 0.320. The Morgan fingerprint density at radius 1 is 0.800 bits per heavy atom. The number of hydrogen-bond acceptors (Lipinski definition) is 2. The molecule has 0 spiro atoms. The van der Waals surface area contributed by atoms with Gasteiger partial charge in [-0.2, -0.15) is 0 Å². The Balaban J connectivity index is 0.000000196. The van der Waals surface area contributed by atoms with E-state index < -0.39 is 5.60 Å². The Hall–Kier alpha value is -2.45. The third-order valence-corrected chi connectivity index (χ3v) is 7.60. The molecule has 1 heterocycles. The second-order valence-electron chi connectivity index (χ2n) is 10.1. The van der Waals surface area contributed by atoms with Crippen LogP contribution >= 0.6 is 0 Å². The maximum absolute atomic E-state index is 11.2. The van der Waals surface area contributed by atoms with Gasteiger partial charge in [-0.05, 0) is 54.4 Å². The average Bonchev–Trinajstić information content (AvgIpc) is 2.94. The number of unbranched alkanes of at least 4 members (excludes halogenated alkanes) is 2. The van der Waals surface area contributed by atoms with Crippen LogP contribution < -0.4 is 0 Å². The van der Waals surface area contributed by atoms with Crippen molar-refractivity contribution < 1.29 is 5.11 Å². The predicted octanol–water partition coefficient (Wildman–Crippen LogP) is 9.05. The highest BCUT2D eigenvalue weighted by atomic mass is 16.3. The Morgan fingerprint density at radius 2 is 1.43 bits per heavy atom. The molecule has 1 aromatic heterocycles. The zero-order chi connectivity index (χ0) is 24.8. The normalized spacial score (nSPS) is 16.5. The summed E-state index contributed by atoms with van der Waals surface area (Å²) in [6.07, 6.45) is 17.0. The van der Waals surface area contributed by atoms with E-state index in [2.05, 4.69) is 79.5 Å². The smallest absolute Gasteiger partial charge is 0.0924 e. The molecule has 3 aromatic rings. The van der Waals surface area contributed by atoms with Crippen LogP contribution in [0.3, 0.4) is 0 Å². The van der Waals surface area contributed by atoms with Gasteiger partial charge in [-0.1, -0.05) is 126 Å². The maximum Gasteiger partial charge on any atom is 0.0924 e. The first kappa shape index (κ1) is 27.1. The van der Waals surface area contributed by atoms with Crippen LogP contribution in [0.15, 0.2) is 85.2 Å². The van der Waals surface area contributed by atoms with Crippen LogP contribution in [0.2, 0.25) is 0 Å². The topological polar surface area (TPSA) is 33.1 Å². The summed E-state index contributed by atoms with van der Waals surface area (Å²) in [5.41, 5.74) is 3.27. The van der Waals surface area contributed by atoms with Crippen molar-refractivity contribution >= 4 is 0 Å².